The van der Waals surface area contributed by atoms with Crippen LogP contribution in [0, 0.1) is 6.92 Å². The molecule has 1 saturated heterocycles. The molecular weight excluding hydrogens is 268 g/mol. The topological polar surface area (TPSA) is 83.6 Å². The number of nitrogens with zero attached hydrogens (tertiary/aromatic N) is 1. The Hall–Kier alpha value is -1.73. The molecule has 1 aliphatic rings. The summed E-state index contributed by atoms with van der Waals surface area (Å²) in [5.41, 5.74) is 0.920. The van der Waals surface area contributed by atoms with Crippen LogP contribution in [0.1, 0.15) is 24.8 Å². The molecule has 1 heterocycles. The zero-order valence-corrected chi connectivity index (χ0v) is 11.2. The van der Waals surface area contributed by atoms with Crippen molar-refractivity contribution in [3.63, 3.8) is 0 Å². The van der Waals surface area contributed by atoms with Crippen molar-refractivity contribution >= 4 is 21.8 Å². The molecule has 1 fully saturated rings. The van der Waals surface area contributed by atoms with Crippen LogP contribution in [0.25, 0.3) is 0 Å². The lowest BCUT2D eigenvalue weighted by atomic mass is 10.1. The molecule has 0 atom stereocenters. The summed E-state index contributed by atoms with van der Waals surface area (Å²) in [5, 5.41) is 0.596. The van der Waals surface area contributed by atoms with Gasteiger partial charge in [0.15, 0.2) is 0 Å². The first-order chi connectivity index (χ1) is 8.90. The summed E-state index contributed by atoms with van der Waals surface area (Å²) in [5.74, 6) is -1.04. The van der Waals surface area contributed by atoms with Crippen molar-refractivity contribution in [1.29, 1.82) is 0 Å². The predicted molar refractivity (Wildman–Crippen MR) is 67.2 cm³/mol. The smallest absolute Gasteiger partial charge is 0.257 e. The lowest BCUT2D eigenvalue weighted by Gasteiger charge is -2.24. The quantitative estimate of drug-likeness (QED) is 0.828. The summed E-state index contributed by atoms with van der Waals surface area (Å²) in [6, 6.07) is 6.15. The fourth-order valence-corrected chi connectivity index (χ4v) is 2.79. The fraction of sp³-hybridized carbons (Fsp3) is 0.333. The van der Waals surface area contributed by atoms with Crippen molar-refractivity contribution in [3.05, 3.63) is 29.8 Å². The molecule has 0 aromatic heterocycles. The molecule has 19 heavy (non-hydrogen) atoms. The van der Waals surface area contributed by atoms with E-state index in [1.807, 2.05) is 11.8 Å². The third-order valence-electron chi connectivity index (χ3n) is 2.82. The van der Waals surface area contributed by atoms with Crippen molar-refractivity contribution in [1.82, 2.24) is 9.84 Å². The minimum Gasteiger partial charge on any atom is -0.273 e. The van der Waals surface area contributed by atoms with Gasteiger partial charge in [0.2, 0.25) is 11.8 Å². The molecule has 0 bridgehead atoms. The summed E-state index contributed by atoms with van der Waals surface area (Å²) in [6.45, 7) is 1.83. The van der Waals surface area contributed by atoms with Gasteiger partial charge in [-0.1, -0.05) is 17.7 Å². The molecule has 6 nitrogen and oxygen atoms in total. The highest BCUT2D eigenvalue weighted by Crippen LogP contribution is 2.14. The Bertz CT molecular complexity index is 591. The van der Waals surface area contributed by atoms with Crippen molar-refractivity contribution in [2.75, 3.05) is 0 Å². The van der Waals surface area contributed by atoms with E-state index in [0.717, 1.165) is 5.56 Å². The molecule has 0 unspecified atom stereocenters. The van der Waals surface area contributed by atoms with Crippen molar-refractivity contribution < 1.29 is 18.0 Å². The van der Waals surface area contributed by atoms with Crippen molar-refractivity contribution in [2.45, 2.75) is 31.1 Å². The Morgan fingerprint density at radius 3 is 2.11 bits per heavy atom. The highest BCUT2D eigenvalue weighted by molar-refractivity contribution is 7.89. The third kappa shape index (κ3) is 2.99. The number of carbonyl (C=O) groups excluding carboxylic acids is 2. The van der Waals surface area contributed by atoms with E-state index in [0.29, 0.717) is 11.4 Å². The van der Waals surface area contributed by atoms with E-state index in [2.05, 4.69) is 0 Å². The predicted octanol–water partition coefficient (Wildman–Crippen LogP) is 0.727. The minimum atomic E-state index is -3.91. The van der Waals surface area contributed by atoms with E-state index in [-0.39, 0.29) is 17.7 Å². The molecule has 0 aliphatic carbocycles. The summed E-state index contributed by atoms with van der Waals surface area (Å²) in [6.07, 6.45) is 0.796. The maximum Gasteiger partial charge on any atom is 0.257 e. The van der Waals surface area contributed by atoms with E-state index >= 15 is 0 Å². The highest BCUT2D eigenvalue weighted by atomic mass is 32.2. The van der Waals surface area contributed by atoms with Crippen LogP contribution >= 0.6 is 0 Å². The number of imide groups is 1. The molecule has 2 rings (SSSR count). The van der Waals surface area contributed by atoms with Gasteiger partial charge in [0, 0.05) is 12.8 Å². The number of aryl methyl sites for hydroxylation is 1. The van der Waals surface area contributed by atoms with Crippen LogP contribution in [0.2, 0.25) is 0 Å². The standard InChI is InChI=1S/C12H14N2O4S/c1-9-5-7-10(8-6-9)19(17,18)13-14-11(15)3-2-4-12(14)16/h5-8,13H,2-4H2,1H3. The van der Waals surface area contributed by atoms with Crippen molar-refractivity contribution in [3.8, 4) is 0 Å². The normalized spacial score (nSPS) is 16.8. The van der Waals surface area contributed by atoms with Crippen LogP contribution in [-0.2, 0) is 19.6 Å². The average Bonchev–Trinajstić information content (AvgIpc) is 2.35. The Morgan fingerprint density at radius 1 is 1.05 bits per heavy atom. The number of hydrazine groups is 1. The summed E-state index contributed by atoms with van der Waals surface area (Å²) in [4.78, 5) is 25.1. The number of nitrogens with one attached hydrogen (secondary N) is 1. The van der Waals surface area contributed by atoms with Crippen LogP contribution in [-0.4, -0.2) is 25.2 Å². The fourth-order valence-electron chi connectivity index (χ4n) is 1.75. The Kier molecular flexibility index (Phi) is 3.68. The lowest BCUT2D eigenvalue weighted by molar-refractivity contribution is -0.149. The number of piperidine rings is 1. The number of amides is 2. The van der Waals surface area contributed by atoms with Gasteiger partial charge in [-0.15, -0.1) is 4.83 Å². The number of hydrogen-bond donors (Lipinski definition) is 1. The summed E-state index contributed by atoms with van der Waals surface area (Å²) >= 11 is 0. The van der Waals surface area contributed by atoms with Gasteiger partial charge in [-0.3, -0.25) is 9.59 Å². The second-order valence-electron chi connectivity index (χ2n) is 4.38. The molecule has 1 aliphatic heterocycles. The highest BCUT2D eigenvalue weighted by Gasteiger charge is 2.30. The maximum absolute atomic E-state index is 12.0. The molecule has 0 spiro atoms. The number of rotatable bonds is 3. The van der Waals surface area contributed by atoms with Crippen LogP contribution in [0.3, 0.4) is 0 Å². The Morgan fingerprint density at radius 2 is 1.58 bits per heavy atom. The maximum atomic E-state index is 12.0. The molecule has 1 aromatic carbocycles. The van der Waals surface area contributed by atoms with Crippen LogP contribution in [0.15, 0.2) is 29.2 Å². The summed E-state index contributed by atoms with van der Waals surface area (Å²) < 4.78 is 24.1. The van der Waals surface area contributed by atoms with Gasteiger partial charge in [-0.25, -0.2) is 8.42 Å². The number of carbonyl (C=O) groups is 2. The van der Waals surface area contributed by atoms with Gasteiger partial charge < -0.3 is 0 Å². The van der Waals surface area contributed by atoms with Crippen LogP contribution < -0.4 is 4.83 Å². The minimum absolute atomic E-state index is 0.0178. The SMILES string of the molecule is Cc1ccc(S(=O)(=O)NN2C(=O)CCCC2=O)cc1. The summed E-state index contributed by atoms with van der Waals surface area (Å²) in [7, 11) is -3.91. The van der Waals surface area contributed by atoms with E-state index in [1.54, 1.807) is 12.1 Å². The van der Waals surface area contributed by atoms with E-state index < -0.39 is 21.8 Å². The zero-order valence-electron chi connectivity index (χ0n) is 10.4. The largest absolute Gasteiger partial charge is 0.273 e. The first-order valence-electron chi connectivity index (χ1n) is 5.85. The van der Waals surface area contributed by atoms with Gasteiger partial charge >= 0.3 is 0 Å². The molecule has 1 aromatic rings. The van der Waals surface area contributed by atoms with Gasteiger partial charge in [0.05, 0.1) is 4.90 Å². The average molecular weight is 282 g/mol. The molecule has 7 heteroatoms. The van der Waals surface area contributed by atoms with Gasteiger partial charge in [-0.2, -0.15) is 5.01 Å². The molecule has 0 saturated carbocycles. The van der Waals surface area contributed by atoms with E-state index in [9.17, 15) is 18.0 Å². The van der Waals surface area contributed by atoms with Gasteiger partial charge in [-0.05, 0) is 25.5 Å². The van der Waals surface area contributed by atoms with Crippen LogP contribution in [0.5, 0.6) is 0 Å². The Balaban J connectivity index is 2.23. The first-order valence-corrected chi connectivity index (χ1v) is 7.33. The Labute approximate surface area is 111 Å². The van der Waals surface area contributed by atoms with Gasteiger partial charge in [0.25, 0.3) is 10.0 Å². The first kappa shape index (κ1) is 13.7. The molecule has 102 valence electrons. The number of sulfonamides is 1. The van der Waals surface area contributed by atoms with E-state index in [1.165, 1.54) is 12.1 Å². The lowest BCUT2D eigenvalue weighted by Crippen LogP contribution is -2.51. The second-order valence-corrected chi connectivity index (χ2v) is 6.05. The molecule has 0 radical (unpaired) electrons. The van der Waals surface area contributed by atoms with Crippen LogP contribution in [0.4, 0.5) is 0 Å². The zero-order chi connectivity index (χ0) is 14.0. The van der Waals surface area contributed by atoms with E-state index in [4.69, 9.17) is 0 Å². The third-order valence-corrected chi connectivity index (χ3v) is 4.14. The second kappa shape index (κ2) is 5.10. The van der Waals surface area contributed by atoms with Crippen molar-refractivity contribution in [2.24, 2.45) is 0 Å². The number of benzene rings is 1. The van der Waals surface area contributed by atoms with Gasteiger partial charge in [0.1, 0.15) is 0 Å². The monoisotopic (exact) mass is 282 g/mol. The molecular formula is C12H14N2O4S. The molecule has 1 N–H and O–H groups in total. The molecule has 2 amide bonds. The number of hydrogen-bond acceptors (Lipinski definition) is 4.